The summed E-state index contributed by atoms with van der Waals surface area (Å²) in [5, 5.41) is 46.3. The van der Waals surface area contributed by atoms with Crippen molar-refractivity contribution in [1.29, 1.82) is 0 Å². The van der Waals surface area contributed by atoms with Crippen molar-refractivity contribution in [2.75, 3.05) is 12.0 Å². The van der Waals surface area contributed by atoms with Crippen molar-refractivity contribution in [2.45, 2.75) is 62.8 Å². The third kappa shape index (κ3) is 15.4. The number of nitrogens with one attached hydrogen (secondary N) is 5. The van der Waals surface area contributed by atoms with E-state index in [1.54, 1.807) is 0 Å². The number of amides is 4. The van der Waals surface area contributed by atoms with Crippen molar-refractivity contribution >= 4 is 58.3 Å². The molecule has 0 unspecified atom stereocenters. The number of carbonyl (C=O) groups excluding carboxylic acids is 3. The Kier molecular flexibility index (Phi) is 17.1. The minimum atomic E-state index is -5.08. The highest BCUT2D eigenvalue weighted by molar-refractivity contribution is 5.97. The van der Waals surface area contributed by atoms with Crippen molar-refractivity contribution < 1.29 is 67.2 Å². The standard InChI is InChI=1S/C31H37N7O9.C2HF3O2/c32-38-25-12-10-21(17-34-25)27(41)35-24(16-18-8-9-19-5-1-2-6-20(19)15-18)28(42)33-14-4-3-7-22(29(43)44)36-31(47)37-23(30(45)46)11-13-26(39)40;3-2(4,5)1(6)7/h1-2,5-6,8-10,12,15,17,22-24H,3-4,7,11,13-14,16,32H2,(H,33,42)(H,34,38)(H,35,41)(H,39,40)(H,43,44)(H,45,46)(H2,36,37,47);(H,6,7)/t22-,23-,24-;/m0./s1. The predicted octanol–water partition coefficient (Wildman–Crippen LogP) is 1.85. The first-order chi connectivity index (χ1) is 25.4. The number of aliphatic carboxylic acids is 4. The maximum absolute atomic E-state index is 13.3. The van der Waals surface area contributed by atoms with E-state index in [0.29, 0.717) is 12.2 Å². The highest BCUT2D eigenvalue weighted by Crippen LogP contribution is 2.17. The van der Waals surface area contributed by atoms with Gasteiger partial charge in [0.15, 0.2) is 0 Å². The number of hydrazine groups is 1. The Hall–Kier alpha value is -6.51. The molecule has 3 atom stereocenters. The number of hydrogen-bond donors (Lipinski definition) is 10. The number of nitrogens with zero attached hydrogens (tertiary/aromatic N) is 1. The van der Waals surface area contributed by atoms with E-state index in [1.165, 1.54) is 18.3 Å². The number of carbonyl (C=O) groups is 7. The second-order valence-corrected chi connectivity index (χ2v) is 11.4. The van der Waals surface area contributed by atoms with Crippen LogP contribution in [-0.4, -0.2) is 98.0 Å². The van der Waals surface area contributed by atoms with E-state index in [4.69, 9.17) is 20.9 Å². The first-order valence-electron chi connectivity index (χ1n) is 15.9. The summed E-state index contributed by atoms with van der Waals surface area (Å²) in [5.41, 5.74) is 3.40. The number of unbranched alkanes of at least 4 members (excludes halogenated alkanes) is 1. The molecule has 18 nitrogen and oxygen atoms in total. The summed E-state index contributed by atoms with van der Waals surface area (Å²) >= 11 is 0. The molecule has 0 saturated heterocycles. The van der Waals surface area contributed by atoms with Crippen molar-refractivity contribution in [2.24, 2.45) is 5.84 Å². The number of carboxylic acids is 4. The lowest BCUT2D eigenvalue weighted by molar-refractivity contribution is -0.192. The molecule has 3 aromatic rings. The maximum atomic E-state index is 13.3. The Labute approximate surface area is 304 Å². The van der Waals surface area contributed by atoms with Crippen LogP contribution in [0.3, 0.4) is 0 Å². The lowest BCUT2D eigenvalue weighted by Gasteiger charge is -2.20. The van der Waals surface area contributed by atoms with Crippen LogP contribution >= 0.6 is 0 Å². The molecule has 0 radical (unpaired) electrons. The molecule has 4 amide bonds. The molecule has 21 heteroatoms. The van der Waals surface area contributed by atoms with Gasteiger partial charge in [0.1, 0.15) is 23.9 Å². The number of urea groups is 1. The van der Waals surface area contributed by atoms with Gasteiger partial charge in [-0.2, -0.15) is 13.2 Å². The zero-order valence-electron chi connectivity index (χ0n) is 28.3. The number of carboxylic acid groups (broad SMARTS) is 4. The molecule has 1 aromatic heterocycles. The fraction of sp³-hybridized carbons (Fsp3) is 0.333. The SMILES string of the molecule is NNc1ccc(C(=O)N[C@@H](Cc2ccc3ccccc3c2)C(=O)NCCCC[C@H](NC(=O)N[C@@H](CCC(=O)O)C(=O)O)C(=O)O)cn1.O=C(O)C(F)(F)F. The largest absolute Gasteiger partial charge is 0.490 e. The van der Waals surface area contributed by atoms with E-state index in [2.05, 4.69) is 31.7 Å². The molecule has 1 heterocycles. The average Bonchev–Trinajstić information content (AvgIpc) is 3.11. The number of rotatable bonds is 18. The molecule has 0 aliphatic rings. The molecule has 0 bridgehead atoms. The smallest absolute Gasteiger partial charge is 0.481 e. The van der Waals surface area contributed by atoms with Gasteiger partial charge in [0, 0.05) is 25.6 Å². The number of fused-ring (bicyclic) bond motifs is 1. The maximum Gasteiger partial charge on any atom is 0.490 e. The Bertz CT molecular complexity index is 1790. The summed E-state index contributed by atoms with van der Waals surface area (Å²) in [6, 6.07) is 11.6. The second kappa shape index (κ2) is 21.1. The van der Waals surface area contributed by atoms with Crippen LogP contribution in [0.5, 0.6) is 0 Å². The van der Waals surface area contributed by atoms with Crippen molar-refractivity contribution in [1.82, 2.24) is 26.3 Å². The molecule has 0 aliphatic heterocycles. The van der Waals surface area contributed by atoms with Crippen LogP contribution in [0.15, 0.2) is 60.8 Å². The normalized spacial score (nSPS) is 12.4. The van der Waals surface area contributed by atoms with Gasteiger partial charge in [-0.15, -0.1) is 0 Å². The lowest BCUT2D eigenvalue weighted by atomic mass is 10.0. The van der Waals surface area contributed by atoms with E-state index in [0.717, 1.165) is 16.3 Å². The van der Waals surface area contributed by atoms with Gasteiger partial charge >= 0.3 is 36.1 Å². The fourth-order valence-corrected chi connectivity index (χ4v) is 4.61. The Morgan fingerprint density at radius 2 is 1.37 bits per heavy atom. The number of anilines is 1. The van der Waals surface area contributed by atoms with Crippen molar-refractivity contribution in [3.63, 3.8) is 0 Å². The van der Waals surface area contributed by atoms with Crippen LogP contribution in [0.4, 0.5) is 23.8 Å². The number of halogens is 3. The number of pyridine rings is 1. The van der Waals surface area contributed by atoms with E-state index in [-0.39, 0.29) is 37.8 Å². The van der Waals surface area contributed by atoms with Crippen LogP contribution < -0.4 is 32.5 Å². The fourth-order valence-electron chi connectivity index (χ4n) is 4.61. The highest BCUT2D eigenvalue weighted by Gasteiger charge is 2.38. The van der Waals surface area contributed by atoms with E-state index < -0.39 is 72.4 Å². The Morgan fingerprint density at radius 1 is 0.759 bits per heavy atom. The van der Waals surface area contributed by atoms with Crippen LogP contribution in [0.2, 0.25) is 0 Å². The van der Waals surface area contributed by atoms with Crippen LogP contribution in [-0.2, 0) is 30.4 Å². The van der Waals surface area contributed by atoms with Crippen LogP contribution in [0, 0.1) is 0 Å². The zero-order chi connectivity index (χ0) is 40.4. The molecule has 54 heavy (non-hydrogen) atoms. The molecule has 292 valence electrons. The number of aromatic nitrogens is 1. The van der Waals surface area contributed by atoms with Gasteiger partial charge in [0.25, 0.3) is 5.91 Å². The summed E-state index contributed by atoms with van der Waals surface area (Å²) < 4.78 is 31.7. The molecular weight excluding hydrogens is 727 g/mol. The molecular formula is C33H38F3N7O11. The minimum absolute atomic E-state index is 0.0383. The Morgan fingerprint density at radius 3 is 1.91 bits per heavy atom. The number of nitrogens with two attached hydrogens (primary N) is 1. The third-order valence-electron chi connectivity index (χ3n) is 7.36. The highest BCUT2D eigenvalue weighted by atomic mass is 19.4. The molecule has 2 aromatic carbocycles. The predicted molar refractivity (Wildman–Crippen MR) is 183 cm³/mol. The molecule has 0 aliphatic carbocycles. The first-order valence-corrected chi connectivity index (χ1v) is 15.9. The van der Waals surface area contributed by atoms with Gasteiger partial charge in [-0.1, -0.05) is 42.5 Å². The number of hydrogen-bond acceptors (Lipinski definition) is 10. The van der Waals surface area contributed by atoms with Gasteiger partial charge in [0.05, 0.1) is 5.56 Å². The first kappa shape index (κ1) is 43.7. The molecule has 3 rings (SSSR count). The molecule has 0 fully saturated rings. The van der Waals surface area contributed by atoms with Gasteiger partial charge < -0.3 is 47.1 Å². The quantitative estimate of drug-likeness (QED) is 0.0502. The van der Waals surface area contributed by atoms with E-state index in [1.807, 2.05) is 42.5 Å². The number of benzene rings is 2. The third-order valence-corrected chi connectivity index (χ3v) is 7.36. The molecule has 0 saturated carbocycles. The van der Waals surface area contributed by atoms with Crippen molar-refractivity contribution in [3.8, 4) is 0 Å². The summed E-state index contributed by atoms with van der Waals surface area (Å²) in [5.74, 6) is -2.12. The molecule has 0 spiro atoms. The Balaban J connectivity index is 0.00000131. The summed E-state index contributed by atoms with van der Waals surface area (Å²) in [7, 11) is 0. The van der Waals surface area contributed by atoms with E-state index >= 15 is 0 Å². The minimum Gasteiger partial charge on any atom is -0.481 e. The van der Waals surface area contributed by atoms with Crippen molar-refractivity contribution in [3.05, 3.63) is 71.9 Å². The lowest BCUT2D eigenvalue weighted by Crippen LogP contribution is -2.51. The van der Waals surface area contributed by atoms with Gasteiger partial charge in [-0.05, 0) is 54.2 Å². The number of alkyl halides is 3. The number of nitrogen functional groups attached to an aromatic ring is 1. The van der Waals surface area contributed by atoms with Crippen LogP contribution in [0.25, 0.3) is 10.8 Å². The van der Waals surface area contributed by atoms with E-state index in [9.17, 15) is 52.2 Å². The van der Waals surface area contributed by atoms with Gasteiger partial charge in [-0.3, -0.25) is 14.4 Å². The summed E-state index contributed by atoms with van der Waals surface area (Å²) in [6.07, 6.45) is -3.93. The topological polar surface area (TPSA) is 299 Å². The zero-order valence-corrected chi connectivity index (χ0v) is 28.3. The van der Waals surface area contributed by atoms with Crippen LogP contribution in [0.1, 0.15) is 48.0 Å². The summed E-state index contributed by atoms with van der Waals surface area (Å²) in [6.45, 7) is 0.135. The van der Waals surface area contributed by atoms with Gasteiger partial charge in [-0.25, -0.2) is 30.0 Å². The monoisotopic (exact) mass is 765 g/mol. The van der Waals surface area contributed by atoms with Gasteiger partial charge in [0.2, 0.25) is 5.91 Å². The average molecular weight is 766 g/mol. The molecule has 11 N–H and O–H groups in total. The second-order valence-electron chi connectivity index (χ2n) is 11.4. The summed E-state index contributed by atoms with van der Waals surface area (Å²) in [4.78, 5) is 85.1.